The van der Waals surface area contributed by atoms with Crippen molar-refractivity contribution in [1.29, 1.82) is 0 Å². The molecule has 0 aromatic heterocycles. The summed E-state index contributed by atoms with van der Waals surface area (Å²) in [6.45, 7) is 10.8. The van der Waals surface area contributed by atoms with Crippen LogP contribution in [0.3, 0.4) is 0 Å². The van der Waals surface area contributed by atoms with Crippen LogP contribution in [0.4, 0.5) is 0 Å². The predicted molar refractivity (Wildman–Crippen MR) is 100 cm³/mol. The molecule has 0 bridgehead atoms. The SMILES string of the molecule is CCB(CC)C(CC)(CC)[CH]([Sn]([CH3])([CH3])[CH3])[Sn]([CH3])([CH3])[CH3]. The first-order valence-corrected chi connectivity index (χ1v) is 28.9. The summed E-state index contributed by atoms with van der Waals surface area (Å²) in [5.41, 5.74) is 0. The van der Waals surface area contributed by atoms with E-state index in [0.29, 0.717) is 5.31 Å². The molecule has 0 saturated carbocycles. The molecule has 0 aromatic rings. The van der Waals surface area contributed by atoms with Gasteiger partial charge in [0, 0.05) is 0 Å². The molecular weight excluding hydrogens is 440 g/mol. The van der Waals surface area contributed by atoms with Crippen LogP contribution >= 0.6 is 0 Å². The molecule has 0 saturated heterocycles. The van der Waals surface area contributed by atoms with Crippen molar-refractivity contribution in [3.05, 3.63) is 0 Å². The summed E-state index contributed by atoms with van der Waals surface area (Å²) in [4.78, 5) is 16.3. The summed E-state index contributed by atoms with van der Waals surface area (Å²) in [5, 5.41) is 0.673. The van der Waals surface area contributed by atoms with Crippen molar-refractivity contribution in [2.24, 2.45) is 0 Å². The van der Waals surface area contributed by atoms with E-state index in [2.05, 4.69) is 57.3 Å². The van der Waals surface area contributed by atoms with Gasteiger partial charge in [-0.05, 0) is 0 Å². The molecule has 0 amide bonds. The van der Waals surface area contributed by atoms with Crippen LogP contribution in [0.15, 0.2) is 0 Å². The Kier molecular flexibility index (Phi) is 8.46. The molecule has 0 aliphatic heterocycles. The fraction of sp³-hybridized carbons (Fsp3) is 1.00. The molecule has 0 N–H and O–H groups in total. The molecule has 0 rings (SSSR count). The normalized spacial score (nSPS) is 14.1. The van der Waals surface area contributed by atoms with Gasteiger partial charge in [0.05, 0.1) is 0 Å². The average molecular weight is 480 g/mol. The predicted octanol–water partition coefficient (Wildman–Crippen LogP) is 6.67. The summed E-state index contributed by atoms with van der Waals surface area (Å²) in [7, 11) is 0. The standard InChI is InChI=1S/C10H21B.6CH3.2Sn/c1-6-10(5,7-2)11(8-3)9-4;;;;;;;;/h5H,6-9H2,1-4H3;6*1H3;;. The fourth-order valence-electron chi connectivity index (χ4n) is 5.60. The summed E-state index contributed by atoms with van der Waals surface area (Å²) in [6, 6.07) is 0. The van der Waals surface area contributed by atoms with Gasteiger partial charge < -0.3 is 0 Å². The van der Waals surface area contributed by atoms with Gasteiger partial charge in [0.1, 0.15) is 0 Å². The topological polar surface area (TPSA) is 0 Å². The Morgan fingerprint density at radius 3 is 1.21 bits per heavy atom. The maximum atomic E-state index is 2.71. The van der Waals surface area contributed by atoms with Gasteiger partial charge in [-0.15, -0.1) is 0 Å². The summed E-state index contributed by atoms with van der Waals surface area (Å²) >= 11 is -3.80. The van der Waals surface area contributed by atoms with E-state index in [1.54, 1.807) is 0 Å². The Morgan fingerprint density at radius 2 is 1.05 bits per heavy atom. The van der Waals surface area contributed by atoms with E-state index in [-0.39, 0.29) is 0 Å². The molecule has 0 radical (unpaired) electrons. The van der Waals surface area contributed by atoms with E-state index < -0.39 is 36.8 Å². The minimum atomic E-state index is -1.90. The van der Waals surface area contributed by atoms with Crippen LogP contribution in [0.2, 0.25) is 49.5 Å². The number of hydrogen-bond donors (Lipinski definition) is 0. The van der Waals surface area contributed by atoms with Crippen LogP contribution in [0.25, 0.3) is 0 Å². The first-order chi connectivity index (χ1) is 8.51. The zero-order chi connectivity index (χ0) is 15.5. The zero-order valence-electron chi connectivity index (χ0n) is 15.5. The minimum absolute atomic E-state index is 0.673. The third kappa shape index (κ3) is 4.82. The monoisotopic (exact) mass is 482 g/mol. The van der Waals surface area contributed by atoms with Crippen molar-refractivity contribution in [2.45, 2.75) is 90.1 Å². The molecule has 0 nitrogen and oxygen atoms in total. The van der Waals surface area contributed by atoms with Gasteiger partial charge in [0.25, 0.3) is 0 Å². The van der Waals surface area contributed by atoms with Gasteiger partial charge in [0.15, 0.2) is 0 Å². The Labute approximate surface area is 132 Å². The van der Waals surface area contributed by atoms with E-state index in [4.69, 9.17) is 0 Å². The first kappa shape index (κ1) is 20.7. The molecule has 0 aliphatic rings. The van der Waals surface area contributed by atoms with Crippen LogP contribution in [0.1, 0.15) is 40.5 Å². The van der Waals surface area contributed by atoms with Crippen LogP contribution in [0, 0.1) is 0 Å². The third-order valence-corrected chi connectivity index (χ3v) is 51.8. The van der Waals surface area contributed by atoms with Gasteiger partial charge in [-0.25, -0.2) is 0 Å². The maximum absolute atomic E-state index is 2.71. The molecule has 0 aromatic carbocycles. The summed E-state index contributed by atoms with van der Waals surface area (Å²) < 4.78 is 1.18. The van der Waals surface area contributed by atoms with Crippen LogP contribution in [-0.4, -0.2) is 43.5 Å². The molecule has 0 fully saturated rings. The van der Waals surface area contributed by atoms with Crippen molar-refractivity contribution in [2.75, 3.05) is 0 Å². The van der Waals surface area contributed by atoms with Gasteiger partial charge in [-0.3, -0.25) is 0 Å². The third-order valence-electron chi connectivity index (χ3n) is 5.42. The molecule has 0 heterocycles. The van der Waals surface area contributed by atoms with E-state index in [9.17, 15) is 0 Å². The van der Waals surface area contributed by atoms with E-state index in [1.165, 1.54) is 27.4 Å². The second-order valence-corrected chi connectivity index (χ2v) is 43.6. The number of rotatable bonds is 8. The van der Waals surface area contributed by atoms with Crippen LogP contribution in [-0.2, 0) is 0 Å². The quantitative estimate of drug-likeness (QED) is 0.341. The van der Waals surface area contributed by atoms with Crippen molar-refractivity contribution in [1.82, 2.24) is 0 Å². The van der Waals surface area contributed by atoms with E-state index in [1.807, 2.05) is 0 Å². The second-order valence-electron chi connectivity index (χ2n) is 8.62. The zero-order valence-corrected chi connectivity index (χ0v) is 21.2. The molecule has 0 atom stereocenters. The second kappa shape index (κ2) is 7.78. The molecule has 0 unspecified atom stereocenters. The average Bonchev–Trinajstić information content (AvgIpc) is 2.25. The van der Waals surface area contributed by atoms with Gasteiger partial charge in [0.2, 0.25) is 0 Å². The van der Waals surface area contributed by atoms with E-state index in [0.717, 1.165) is 6.71 Å². The molecular formula is C16H39BSn2. The van der Waals surface area contributed by atoms with Crippen LogP contribution < -0.4 is 0 Å². The Bertz CT molecular complexity index is 241. The molecule has 19 heavy (non-hydrogen) atoms. The number of hydrogen-bond acceptors (Lipinski definition) is 0. The van der Waals surface area contributed by atoms with Crippen molar-refractivity contribution in [3.8, 4) is 0 Å². The van der Waals surface area contributed by atoms with E-state index >= 15 is 0 Å². The van der Waals surface area contributed by atoms with Crippen molar-refractivity contribution < 1.29 is 0 Å². The molecule has 0 spiro atoms. The van der Waals surface area contributed by atoms with Crippen LogP contribution in [0.5, 0.6) is 0 Å². The fourth-order valence-corrected chi connectivity index (χ4v) is 76.3. The summed E-state index contributed by atoms with van der Waals surface area (Å²) in [6.07, 6.45) is 5.61. The van der Waals surface area contributed by atoms with Gasteiger partial charge in [-0.2, -0.15) is 0 Å². The molecule has 3 heteroatoms. The Balaban J connectivity index is 5.92. The van der Waals surface area contributed by atoms with Gasteiger partial charge >= 0.3 is 134 Å². The molecule has 114 valence electrons. The van der Waals surface area contributed by atoms with Crippen molar-refractivity contribution in [3.63, 3.8) is 0 Å². The molecule has 0 aliphatic carbocycles. The van der Waals surface area contributed by atoms with Crippen molar-refractivity contribution >= 4 is 43.5 Å². The Morgan fingerprint density at radius 1 is 0.737 bits per heavy atom. The Hall–Kier alpha value is 1.66. The first-order valence-electron chi connectivity index (χ1n) is 8.51. The van der Waals surface area contributed by atoms with Gasteiger partial charge in [-0.1, -0.05) is 0 Å². The summed E-state index contributed by atoms with van der Waals surface area (Å²) in [5.74, 6) is 0.